The van der Waals surface area contributed by atoms with Crippen molar-refractivity contribution in [3.05, 3.63) is 54.1 Å². The lowest BCUT2D eigenvalue weighted by atomic mass is 10.1. The summed E-state index contributed by atoms with van der Waals surface area (Å²) in [4.78, 5) is 7.09. The zero-order valence-electron chi connectivity index (χ0n) is 13.3. The maximum absolute atomic E-state index is 4.57. The van der Waals surface area contributed by atoms with Gasteiger partial charge in [0.25, 0.3) is 0 Å². The standard InChI is InChI=1S/C17H24N4.ClH/c1-14-11-21(15(2)10-19-14)13-17-18-8-9-20(17)12-16-6-4-3-5-7-16;/h3-9,14-15,19H,10-13H2,1-2H3;1H. The van der Waals surface area contributed by atoms with Gasteiger partial charge >= 0.3 is 0 Å². The van der Waals surface area contributed by atoms with Gasteiger partial charge in [-0.2, -0.15) is 0 Å². The molecule has 2 aromatic rings. The molecule has 4 nitrogen and oxygen atoms in total. The van der Waals surface area contributed by atoms with Gasteiger partial charge in [-0.05, 0) is 19.4 Å². The van der Waals surface area contributed by atoms with Gasteiger partial charge in [0.1, 0.15) is 5.82 Å². The van der Waals surface area contributed by atoms with Crippen LogP contribution in [0.15, 0.2) is 42.7 Å². The molecule has 1 aliphatic heterocycles. The molecule has 0 amide bonds. The van der Waals surface area contributed by atoms with Crippen LogP contribution < -0.4 is 5.32 Å². The van der Waals surface area contributed by atoms with E-state index in [1.807, 2.05) is 6.20 Å². The monoisotopic (exact) mass is 320 g/mol. The van der Waals surface area contributed by atoms with E-state index in [1.54, 1.807) is 0 Å². The average molecular weight is 321 g/mol. The van der Waals surface area contributed by atoms with Crippen LogP contribution in [0.5, 0.6) is 0 Å². The van der Waals surface area contributed by atoms with Crippen LogP contribution in [0.3, 0.4) is 0 Å². The van der Waals surface area contributed by atoms with Crippen molar-refractivity contribution in [2.45, 2.75) is 39.0 Å². The highest BCUT2D eigenvalue weighted by Gasteiger charge is 2.23. The molecule has 0 saturated carbocycles. The van der Waals surface area contributed by atoms with Gasteiger partial charge < -0.3 is 9.88 Å². The maximum Gasteiger partial charge on any atom is 0.123 e. The highest BCUT2D eigenvalue weighted by Crippen LogP contribution is 2.13. The highest BCUT2D eigenvalue weighted by atomic mass is 35.5. The summed E-state index contributed by atoms with van der Waals surface area (Å²) in [6.07, 6.45) is 3.99. The number of piperazine rings is 1. The Hall–Kier alpha value is -1.36. The fraction of sp³-hybridized carbons (Fsp3) is 0.471. The minimum Gasteiger partial charge on any atom is -0.329 e. The molecule has 0 radical (unpaired) electrons. The molecule has 1 aromatic heterocycles. The lowest BCUT2D eigenvalue weighted by Crippen LogP contribution is -2.53. The van der Waals surface area contributed by atoms with Crippen molar-refractivity contribution in [2.75, 3.05) is 13.1 Å². The number of hydrogen-bond donors (Lipinski definition) is 1. The molecule has 0 aliphatic carbocycles. The normalized spacial score (nSPS) is 22.3. The highest BCUT2D eigenvalue weighted by molar-refractivity contribution is 5.85. The molecule has 2 heterocycles. The smallest absolute Gasteiger partial charge is 0.123 e. The molecule has 120 valence electrons. The molecular weight excluding hydrogens is 296 g/mol. The van der Waals surface area contributed by atoms with Gasteiger partial charge in [0.05, 0.1) is 6.54 Å². The van der Waals surface area contributed by atoms with Crippen molar-refractivity contribution < 1.29 is 0 Å². The van der Waals surface area contributed by atoms with Crippen LogP contribution in [0.4, 0.5) is 0 Å². The van der Waals surface area contributed by atoms with E-state index >= 15 is 0 Å². The summed E-state index contributed by atoms with van der Waals surface area (Å²) in [5, 5.41) is 3.53. The molecule has 1 N–H and O–H groups in total. The Labute approximate surface area is 139 Å². The van der Waals surface area contributed by atoms with Crippen molar-refractivity contribution >= 4 is 12.4 Å². The maximum atomic E-state index is 4.57. The van der Waals surface area contributed by atoms with Gasteiger partial charge in [-0.25, -0.2) is 4.98 Å². The van der Waals surface area contributed by atoms with Gasteiger partial charge in [-0.3, -0.25) is 4.90 Å². The molecule has 1 fully saturated rings. The van der Waals surface area contributed by atoms with E-state index in [0.29, 0.717) is 12.1 Å². The minimum absolute atomic E-state index is 0. The lowest BCUT2D eigenvalue weighted by molar-refractivity contribution is 0.134. The number of nitrogens with one attached hydrogen (secondary N) is 1. The SMILES string of the molecule is CC1CN(Cc2nccn2Cc2ccccc2)C(C)CN1.Cl. The topological polar surface area (TPSA) is 33.1 Å². The Balaban J connectivity index is 0.00000176. The van der Waals surface area contributed by atoms with Crippen LogP contribution in [-0.4, -0.2) is 39.6 Å². The van der Waals surface area contributed by atoms with E-state index < -0.39 is 0 Å². The number of benzene rings is 1. The average Bonchev–Trinajstić information content (AvgIpc) is 2.91. The first-order valence-electron chi connectivity index (χ1n) is 7.74. The number of halogens is 1. The van der Waals surface area contributed by atoms with Gasteiger partial charge in [0.2, 0.25) is 0 Å². The van der Waals surface area contributed by atoms with E-state index in [-0.39, 0.29) is 12.4 Å². The van der Waals surface area contributed by atoms with Crippen LogP contribution in [0, 0.1) is 0 Å². The van der Waals surface area contributed by atoms with Gasteiger partial charge in [0.15, 0.2) is 0 Å². The first kappa shape index (κ1) is 17.0. The second-order valence-electron chi connectivity index (χ2n) is 6.04. The molecule has 2 atom stereocenters. The third kappa shape index (κ3) is 4.09. The second kappa shape index (κ2) is 7.77. The molecule has 1 aliphatic rings. The van der Waals surface area contributed by atoms with Crippen molar-refractivity contribution in [1.82, 2.24) is 19.8 Å². The molecule has 0 bridgehead atoms. The largest absolute Gasteiger partial charge is 0.329 e. The number of aromatic nitrogens is 2. The van der Waals surface area contributed by atoms with E-state index in [1.165, 1.54) is 5.56 Å². The summed E-state index contributed by atoms with van der Waals surface area (Å²) in [5.41, 5.74) is 1.32. The van der Waals surface area contributed by atoms with Gasteiger partial charge in [-0.15, -0.1) is 12.4 Å². The summed E-state index contributed by atoms with van der Waals surface area (Å²) in [5.74, 6) is 1.15. The second-order valence-corrected chi connectivity index (χ2v) is 6.04. The lowest BCUT2D eigenvalue weighted by Gasteiger charge is -2.37. The molecular formula is C17H25ClN4. The van der Waals surface area contributed by atoms with Crippen LogP contribution in [0.25, 0.3) is 0 Å². The predicted molar refractivity (Wildman–Crippen MR) is 92.4 cm³/mol. The van der Waals surface area contributed by atoms with E-state index in [2.05, 4.69) is 70.1 Å². The van der Waals surface area contributed by atoms with Gasteiger partial charge in [0, 0.05) is 44.1 Å². The Morgan fingerprint density at radius 2 is 1.95 bits per heavy atom. The summed E-state index contributed by atoms with van der Waals surface area (Å²) < 4.78 is 2.26. The van der Waals surface area contributed by atoms with Crippen LogP contribution in [0.1, 0.15) is 25.2 Å². The van der Waals surface area contributed by atoms with Crippen molar-refractivity contribution in [1.29, 1.82) is 0 Å². The van der Waals surface area contributed by atoms with E-state index in [4.69, 9.17) is 0 Å². The zero-order valence-corrected chi connectivity index (χ0v) is 14.1. The Bertz CT molecular complexity index is 569. The summed E-state index contributed by atoms with van der Waals surface area (Å²) >= 11 is 0. The predicted octanol–water partition coefficient (Wildman–Crippen LogP) is 2.54. The third-order valence-electron chi connectivity index (χ3n) is 4.24. The first-order chi connectivity index (χ1) is 10.2. The van der Waals surface area contributed by atoms with Gasteiger partial charge in [-0.1, -0.05) is 30.3 Å². The quantitative estimate of drug-likeness (QED) is 0.940. The fourth-order valence-electron chi connectivity index (χ4n) is 2.91. The zero-order chi connectivity index (χ0) is 14.7. The van der Waals surface area contributed by atoms with E-state index in [9.17, 15) is 0 Å². The molecule has 1 saturated heterocycles. The minimum atomic E-state index is 0. The summed E-state index contributed by atoms with van der Waals surface area (Å²) in [7, 11) is 0. The molecule has 3 rings (SSSR count). The number of hydrogen-bond acceptors (Lipinski definition) is 3. The molecule has 2 unspecified atom stereocenters. The van der Waals surface area contributed by atoms with Crippen LogP contribution in [-0.2, 0) is 13.1 Å². The van der Waals surface area contributed by atoms with Crippen LogP contribution in [0.2, 0.25) is 0 Å². The third-order valence-corrected chi connectivity index (χ3v) is 4.24. The summed E-state index contributed by atoms with van der Waals surface area (Å²) in [6, 6.07) is 11.7. The Kier molecular flexibility index (Phi) is 6.00. The van der Waals surface area contributed by atoms with E-state index in [0.717, 1.165) is 32.0 Å². The fourth-order valence-corrected chi connectivity index (χ4v) is 2.91. The van der Waals surface area contributed by atoms with Crippen molar-refractivity contribution in [3.63, 3.8) is 0 Å². The Morgan fingerprint density at radius 3 is 2.73 bits per heavy atom. The molecule has 5 heteroatoms. The number of rotatable bonds is 4. The van der Waals surface area contributed by atoms with Crippen molar-refractivity contribution in [2.24, 2.45) is 0 Å². The van der Waals surface area contributed by atoms with Crippen molar-refractivity contribution in [3.8, 4) is 0 Å². The van der Waals surface area contributed by atoms with Crippen LogP contribution >= 0.6 is 12.4 Å². The molecule has 22 heavy (non-hydrogen) atoms. The molecule has 0 spiro atoms. The first-order valence-corrected chi connectivity index (χ1v) is 7.74. The Morgan fingerprint density at radius 1 is 1.18 bits per heavy atom. The summed E-state index contributed by atoms with van der Waals surface area (Å²) in [6.45, 7) is 8.48. The number of imidazole rings is 1. The molecule has 1 aromatic carbocycles. The number of nitrogens with zero attached hydrogens (tertiary/aromatic N) is 3.